The zero-order valence-electron chi connectivity index (χ0n) is 13.8. The van der Waals surface area contributed by atoms with Gasteiger partial charge in [0.15, 0.2) is 0 Å². The molecule has 1 aliphatic heterocycles. The lowest BCUT2D eigenvalue weighted by Gasteiger charge is -2.32. The number of likely N-dealkylation sites (N-methyl/N-ethyl adjacent to an activating group) is 1. The fourth-order valence-corrected chi connectivity index (χ4v) is 2.19. The molecule has 2 rings (SSSR count). The first-order chi connectivity index (χ1) is 10.3. The average Bonchev–Trinajstić information content (AvgIpc) is 2.67. The van der Waals surface area contributed by atoms with E-state index in [2.05, 4.69) is 16.4 Å². The topological polar surface area (TPSA) is 67.2 Å². The van der Waals surface area contributed by atoms with Crippen LogP contribution in [0.4, 0.5) is 0 Å². The number of nitrogens with one attached hydrogen (secondary N) is 1. The van der Waals surface area contributed by atoms with E-state index in [9.17, 15) is 0 Å². The number of nitrogens with zero attached hydrogens (tertiary/aromatic N) is 2. The van der Waals surface area contributed by atoms with Crippen molar-refractivity contribution in [3.8, 4) is 6.07 Å². The lowest BCUT2D eigenvalue weighted by Crippen LogP contribution is -2.41. The summed E-state index contributed by atoms with van der Waals surface area (Å²) in [6.45, 7) is 8.73. The maximum Gasteiger partial charge on any atom is 0.491 e. The molecule has 0 saturated carbocycles. The number of aromatic nitrogens is 1. The minimum absolute atomic E-state index is 0.383. The smallest absolute Gasteiger partial charge is 0.400 e. The van der Waals surface area contributed by atoms with Crippen LogP contribution in [0.5, 0.6) is 0 Å². The zero-order valence-corrected chi connectivity index (χ0v) is 13.8. The van der Waals surface area contributed by atoms with Crippen LogP contribution < -0.4 is 5.32 Å². The Morgan fingerprint density at radius 1 is 1.36 bits per heavy atom. The Balaban J connectivity index is 2.31. The second-order valence-corrected chi connectivity index (χ2v) is 6.42. The predicted molar refractivity (Wildman–Crippen MR) is 86.9 cm³/mol. The van der Waals surface area contributed by atoms with Crippen LogP contribution in [-0.2, 0) is 9.31 Å². The maximum absolute atomic E-state index is 8.99. The number of rotatable bonds is 4. The molecule has 0 bridgehead atoms. The molecule has 2 heterocycles. The molecule has 0 aromatic carbocycles. The molecule has 1 saturated heterocycles. The SMILES string of the molecule is CNCC(=Cc1cc(C#N)ccn1)B1OC(C)(C)C(C)(C)O1. The van der Waals surface area contributed by atoms with E-state index < -0.39 is 7.12 Å². The highest BCUT2D eigenvalue weighted by molar-refractivity contribution is 6.55. The second kappa shape index (κ2) is 6.21. The molecule has 0 unspecified atom stereocenters. The van der Waals surface area contributed by atoms with Crippen LogP contribution in [0.15, 0.2) is 23.8 Å². The van der Waals surface area contributed by atoms with Gasteiger partial charge in [-0.2, -0.15) is 5.26 Å². The fraction of sp³-hybridized carbons (Fsp3) is 0.500. The molecule has 5 nitrogen and oxygen atoms in total. The molecular weight excluding hydrogens is 277 g/mol. The molecule has 1 aliphatic rings. The van der Waals surface area contributed by atoms with Crippen molar-refractivity contribution in [2.75, 3.05) is 13.6 Å². The molecule has 1 aromatic rings. The highest BCUT2D eigenvalue weighted by Gasteiger charge is 2.52. The Morgan fingerprint density at radius 3 is 2.55 bits per heavy atom. The van der Waals surface area contributed by atoms with Crippen molar-refractivity contribution in [1.29, 1.82) is 5.26 Å². The van der Waals surface area contributed by atoms with Gasteiger partial charge in [0.1, 0.15) is 0 Å². The lowest BCUT2D eigenvalue weighted by molar-refractivity contribution is 0.00578. The summed E-state index contributed by atoms with van der Waals surface area (Å²) in [5, 5.41) is 12.1. The van der Waals surface area contributed by atoms with Crippen LogP contribution in [0.1, 0.15) is 39.0 Å². The summed E-state index contributed by atoms with van der Waals surface area (Å²) in [5.41, 5.74) is 1.49. The van der Waals surface area contributed by atoms with Gasteiger partial charge in [0.2, 0.25) is 0 Å². The minimum Gasteiger partial charge on any atom is -0.400 e. The van der Waals surface area contributed by atoms with Gasteiger partial charge < -0.3 is 14.6 Å². The van der Waals surface area contributed by atoms with Crippen LogP contribution in [0.25, 0.3) is 6.08 Å². The maximum atomic E-state index is 8.99. The van der Waals surface area contributed by atoms with Crippen molar-refractivity contribution in [1.82, 2.24) is 10.3 Å². The molecule has 22 heavy (non-hydrogen) atoms. The standard InChI is InChI=1S/C16H22BN3O2/c1-15(2)16(3,4)22-17(21-15)13(11-19-5)9-14-8-12(10-18)6-7-20-14/h6-9,19H,11H2,1-5H3. The molecule has 0 spiro atoms. The van der Waals surface area contributed by atoms with Gasteiger partial charge >= 0.3 is 7.12 Å². The van der Waals surface area contributed by atoms with Crippen molar-refractivity contribution < 1.29 is 9.31 Å². The van der Waals surface area contributed by atoms with E-state index in [-0.39, 0.29) is 11.2 Å². The number of hydrogen-bond acceptors (Lipinski definition) is 5. The molecule has 0 radical (unpaired) electrons. The summed E-state index contributed by atoms with van der Waals surface area (Å²) >= 11 is 0. The van der Waals surface area contributed by atoms with E-state index in [4.69, 9.17) is 14.6 Å². The molecule has 116 valence electrons. The Labute approximate surface area is 132 Å². The summed E-state index contributed by atoms with van der Waals surface area (Å²) in [6.07, 6.45) is 3.55. The van der Waals surface area contributed by atoms with Gasteiger partial charge in [-0.05, 0) is 58.4 Å². The van der Waals surface area contributed by atoms with Gasteiger partial charge in [-0.15, -0.1) is 0 Å². The first-order valence-corrected chi connectivity index (χ1v) is 7.36. The minimum atomic E-state index is -0.426. The van der Waals surface area contributed by atoms with Gasteiger partial charge in [0.25, 0.3) is 0 Å². The third kappa shape index (κ3) is 3.38. The Kier molecular flexibility index (Phi) is 4.71. The van der Waals surface area contributed by atoms with Crippen LogP contribution >= 0.6 is 0 Å². The quantitative estimate of drug-likeness (QED) is 0.863. The van der Waals surface area contributed by atoms with E-state index >= 15 is 0 Å². The summed E-state index contributed by atoms with van der Waals surface area (Å²) in [7, 11) is 1.45. The highest BCUT2D eigenvalue weighted by Crippen LogP contribution is 2.38. The Bertz CT molecular complexity index is 604. The first-order valence-electron chi connectivity index (χ1n) is 7.36. The molecule has 6 heteroatoms. The van der Waals surface area contributed by atoms with Crippen molar-refractivity contribution in [3.63, 3.8) is 0 Å². The highest BCUT2D eigenvalue weighted by atomic mass is 16.7. The lowest BCUT2D eigenvalue weighted by atomic mass is 9.77. The van der Waals surface area contributed by atoms with Gasteiger partial charge in [0, 0.05) is 12.7 Å². The van der Waals surface area contributed by atoms with Crippen molar-refractivity contribution in [2.45, 2.75) is 38.9 Å². The third-order valence-corrected chi connectivity index (χ3v) is 4.18. The summed E-state index contributed by atoms with van der Waals surface area (Å²) in [6, 6.07) is 5.56. The first kappa shape index (κ1) is 16.7. The van der Waals surface area contributed by atoms with Crippen LogP contribution in [0.2, 0.25) is 0 Å². The molecule has 1 N–H and O–H groups in total. The normalized spacial score (nSPS) is 20.0. The largest absolute Gasteiger partial charge is 0.491 e. The molecular formula is C16H22BN3O2. The second-order valence-electron chi connectivity index (χ2n) is 6.42. The summed E-state index contributed by atoms with van der Waals surface area (Å²) in [5.74, 6) is 0. The predicted octanol–water partition coefficient (Wildman–Crippen LogP) is 2.19. The number of hydrogen-bond donors (Lipinski definition) is 1. The van der Waals surface area contributed by atoms with Gasteiger partial charge in [-0.25, -0.2) is 0 Å². The monoisotopic (exact) mass is 299 g/mol. The van der Waals surface area contributed by atoms with Gasteiger partial charge in [0.05, 0.1) is 28.5 Å². The molecule has 0 aliphatic carbocycles. The van der Waals surface area contributed by atoms with Crippen LogP contribution in [0, 0.1) is 11.3 Å². The van der Waals surface area contributed by atoms with Crippen molar-refractivity contribution >= 4 is 13.2 Å². The fourth-order valence-electron chi connectivity index (χ4n) is 2.19. The molecule has 1 aromatic heterocycles. The third-order valence-electron chi connectivity index (χ3n) is 4.18. The van der Waals surface area contributed by atoms with Gasteiger partial charge in [-0.3, -0.25) is 4.98 Å². The summed E-state index contributed by atoms with van der Waals surface area (Å²) < 4.78 is 12.2. The number of pyridine rings is 1. The molecule has 0 atom stereocenters. The number of nitriles is 1. The zero-order chi connectivity index (χ0) is 16.4. The Hall–Kier alpha value is -1.68. The van der Waals surface area contributed by atoms with Crippen molar-refractivity contribution in [3.05, 3.63) is 35.1 Å². The molecule has 1 fully saturated rings. The van der Waals surface area contributed by atoms with E-state index in [0.717, 1.165) is 11.2 Å². The molecule has 0 amide bonds. The average molecular weight is 299 g/mol. The van der Waals surface area contributed by atoms with Gasteiger partial charge in [-0.1, -0.05) is 0 Å². The van der Waals surface area contributed by atoms with Crippen molar-refractivity contribution in [2.24, 2.45) is 0 Å². The van der Waals surface area contributed by atoms with E-state index in [1.54, 1.807) is 18.3 Å². The Morgan fingerprint density at radius 2 is 2.00 bits per heavy atom. The van der Waals surface area contributed by atoms with E-state index in [1.165, 1.54) is 0 Å². The van der Waals surface area contributed by atoms with Crippen LogP contribution in [-0.4, -0.2) is 36.9 Å². The van der Waals surface area contributed by atoms with E-state index in [1.807, 2.05) is 40.8 Å². The van der Waals surface area contributed by atoms with E-state index in [0.29, 0.717) is 12.1 Å². The van der Waals surface area contributed by atoms with Crippen LogP contribution in [0.3, 0.4) is 0 Å². The summed E-state index contributed by atoms with van der Waals surface area (Å²) in [4.78, 5) is 4.29.